The van der Waals surface area contributed by atoms with Gasteiger partial charge in [0.2, 0.25) is 0 Å². The number of alkyl halides is 3. The summed E-state index contributed by atoms with van der Waals surface area (Å²) in [4.78, 5) is 20.9. The molecule has 0 fully saturated rings. The van der Waals surface area contributed by atoms with Crippen molar-refractivity contribution in [2.75, 3.05) is 23.7 Å². The Hall–Kier alpha value is -3.41. The van der Waals surface area contributed by atoms with Gasteiger partial charge in [0.25, 0.3) is 12.3 Å². The minimum absolute atomic E-state index is 0.0478. The summed E-state index contributed by atoms with van der Waals surface area (Å²) in [6.07, 6.45) is 0.0760. The van der Waals surface area contributed by atoms with Crippen molar-refractivity contribution in [2.45, 2.75) is 32.0 Å². The maximum atomic E-state index is 13.9. The molecule has 3 aromatic heterocycles. The zero-order chi connectivity index (χ0) is 22.6. The highest BCUT2D eigenvalue weighted by molar-refractivity contribution is 5.99. The number of anilines is 3. The van der Waals surface area contributed by atoms with Crippen LogP contribution in [0.25, 0.3) is 5.65 Å². The van der Waals surface area contributed by atoms with E-state index < -0.39 is 37.2 Å². The Morgan fingerprint density at radius 3 is 2.71 bits per heavy atom. The van der Waals surface area contributed by atoms with Crippen LogP contribution in [-0.4, -0.2) is 61.9 Å². The fourth-order valence-electron chi connectivity index (χ4n) is 2.58. The summed E-state index contributed by atoms with van der Waals surface area (Å²) in [7, 11) is 0. The van der Waals surface area contributed by atoms with Crippen molar-refractivity contribution in [2.24, 2.45) is 0 Å². The van der Waals surface area contributed by atoms with E-state index in [1.807, 2.05) is 0 Å². The van der Waals surface area contributed by atoms with Crippen molar-refractivity contribution in [3.05, 3.63) is 42.4 Å². The molecule has 0 saturated carbocycles. The topological polar surface area (TPSA) is 116 Å². The molecule has 0 aliphatic rings. The summed E-state index contributed by atoms with van der Waals surface area (Å²) in [6, 6.07) is 4.72. The van der Waals surface area contributed by atoms with E-state index in [9.17, 15) is 23.1 Å². The minimum Gasteiger partial charge on any atom is -0.387 e. The monoisotopic (exact) mass is 437 g/mol. The van der Waals surface area contributed by atoms with E-state index in [1.165, 1.54) is 26.1 Å². The first kappa shape index (κ1) is 22.3. The first-order valence-electron chi connectivity index (χ1n) is 9.37. The number of halogens is 3. The molecule has 0 aromatic carbocycles. The number of rotatable bonds is 9. The first-order chi connectivity index (χ1) is 14.6. The number of hydrogen-bond donors (Lipinski definition) is 4. The molecule has 166 valence electrons. The Balaban J connectivity index is 1.79. The van der Waals surface area contributed by atoms with Gasteiger partial charge in [0.15, 0.2) is 5.65 Å². The molecule has 1 atom stereocenters. The maximum Gasteiger partial charge on any atom is 0.255 e. The number of aromatic nitrogens is 4. The summed E-state index contributed by atoms with van der Waals surface area (Å²) in [5.74, 6) is -0.0333. The highest BCUT2D eigenvalue weighted by Crippen LogP contribution is 2.22. The molecule has 1 amide bonds. The van der Waals surface area contributed by atoms with Gasteiger partial charge in [-0.05, 0) is 19.9 Å². The zero-order valence-corrected chi connectivity index (χ0v) is 16.8. The summed E-state index contributed by atoms with van der Waals surface area (Å²) in [5.41, 5.74) is -1.02. The molecule has 31 heavy (non-hydrogen) atoms. The summed E-state index contributed by atoms with van der Waals surface area (Å²) in [6.45, 7) is 1.40. The SMILES string of the molecule is CC(C)(O)C(F)CNC(=O)c1cnc(Nc2ccn3nccc3n2)cc1NCC(F)F. The van der Waals surface area contributed by atoms with E-state index in [2.05, 4.69) is 31.0 Å². The molecule has 0 saturated heterocycles. The molecule has 9 nitrogen and oxygen atoms in total. The van der Waals surface area contributed by atoms with Crippen LogP contribution < -0.4 is 16.0 Å². The number of aliphatic hydroxyl groups is 1. The number of carbonyl (C=O) groups is 1. The quantitative estimate of drug-likeness (QED) is 0.406. The minimum atomic E-state index is -2.66. The molecule has 0 aliphatic heterocycles. The normalized spacial score (nSPS) is 12.7. The van der Waals surface area contributed by atoms with Gasteiger partial charge in [0.05, 0.1) is 36.1 Å². The van der Waals surface area contributed by atoms with E-state index in [0.717, 1.165) is 0 Å². The molecule has 0 bridgehead atoms. The molecule has 0 spiro atoms. The van der Waals surface area contributed by atoms with Crippen molar-refractivity contribution in [1.29, 1.82) is 0 Å². The summed E-state index contributed by atoms with van der Waals surface area (Å²) >= 11 is 0. The highest BCUT2D eigenvalue weighted by Gasteiger charge is 2.27. The van der Waals surface area contributed by atoms with Crippen molar-refractivity contribution >= 4 is 28.9 Å². The van der Waals surface area contributed by atoms with E-state index in [1.54, 1.807) is 29.0 Å². The molecule has 0 aliphatic carbocycles. The summed E-state index contributed by atoms with van der Waals surface area (Å²) < 4.78 is 40.9. The van der Waals surface area contributed by atoms with Crippen molar-refractivity contribution in [3.8, 4) is 0 Å². The third-order valence-corrected chi connectivity index (χ3v) is 4.32. The molecule has 3 heterocycles. The van der Waals surface area contributed by atoms with E-state index >= 15 is 0 Å². The average Bonchev–Trinajstić information content (AvgIpc) is 3.17. The number of pyridine rings is 1. The Morgan fingerprint density at radius 2 is 2.00 bits per heavy atom. The molecule has 12 heteroatoms. The van der Waals surface area contributed by atoms with Crippen LogP contribution in [0.15, 0.2) is 36.8 Å². The van der Waals surface area contributed by atoms with Gasteiger partial charge in [-0.1, -0.05) is 0 Å². The summed E-state index contributed by atoms with van der Waals surface area (Å²) in [5, 5.41) is 21.4. The fourth-order valence-corrected chi connectivity index (χ4v) is 2.58. The van der Waals surface area contributed by atoms with Gasteiger partial charge in [-0.15, -0.1) is 0 Å². The van der Waals surface area contributed by atoms with Gasteiger partial charge in [0.1, 0.15) is 17.8 Å². The van der Waals surface area contributed by atoms with Gasteiger partial charge in [-0.25, -0.2) is 27.7 Å². The number of carbonyl (C=O) groups excluding carboxylic acids is 1. The second-order valence-electron chi connectivity index (χ2n) is 7.29. The Bertz CT molecular complexity index is 1050. The molecular weight excluding hydrogens is 415 g/mol. The van der Waals surface area contributed by atoms with Crippen LogP contribution in [0.4, 0.5) is 30.5 Å². The Kier molecular flexibility index (Phi) is 6.59. The smallest absolute Gasteiger partial charge is 0.255 e. The lowest BCUT2D eigenvalue weighted by Gasteiger charge is -2.22. The van der Waals surface area contributed by atoms with Crippen LogP contribution in [0, 0.1) is 0 Å². The lowest BCUT2D eigenvalue weighted by atomic mass is 10.0. The number of amides is 1. The second kappa shape index (κ2) is 9.16. The number of fused-ring (bicyclic) bond motifs is 1. The molecule has 0 radical (unpaired) electrons. The van der Waals surface area contributed by atoms with Crippen molar-refractivity contribution < 1.29 is 23.1 Å². The third kappa shape index (κ3) is 5.81. The van der Waals surface area contributed by atoms with E-state index in [-0.39, 0.29) is 17.1 Å². The van der Waals surface area contributed by atoms with Gasteiger partial charge < -0.3 is 21.1 Å². The average molecular weight is 437 g/mol. The number of nitrogens with one attached hydrogen (secondary N) is 3. The van der Waals surface area contributed by atoms with E-state index in [4.69, 9.17) is 0 Å². The fraction of sp³-hybridized carbons (Fsp3) is 0.368. The highest BCUT2D eigenvalue weighted by atomic mass is 19.3. The van der Waals surface area contributed by atoms with Crippen LogP contribution in [0.5, 0.6) is 0 Å². The molecule has 3 rings (SSSR count). The van der Waals surface area contributed by atoms with Crippen LogP contribution in [0.1, 0.15) is 24.2 Å². The van der Waals surface area contributed by atoms with Crippen LogP contribution >= 0.6 is 0 Å². The predicted octanol–water partition coefficient (Wildman–Crippen LogP) is 2.38. The van der Waals surface area contributed by atoms with Crippen LogP contribution in [0.2, 0.25) is 0 Å². The molecule has 4 N–H and O–H groups in total. The van der Waals surface area contributed by atoms with Gasteiger partial charge in [-0.2, -0.15) is 5.10 Å². The van der Waals surface area contributed by atoms with Crippen LogP contribution in [-0.2, 0) is 0 Å². The largest absolute Gasteiger partial charge is 0.387 e. The van der Waals surface area contributed by atoms with Crippen molar-refractivity contribution in [3.63, 3.8) is 0 Å². The predicted molar refractivity (Wildman–Crippen MR) is 109 cm³/mol. The van der Waals surface area contributed by atoms with Gasteiger partial charge >= 0.3 is 0 Å². The van der Waals surface area contributed by atoms with E-state index in [0.29, 0.717) is 11.5 Å². The Labute approximate surface area is 175 Å². The van der Waals surface area contributed by atoms with Gasteiger partial charge in [0, 0.05) is 24.5 Å². The lowest BCUT2D eigenvalue weighted by molar-refractivity contribution is -0.00177. The first-order valence-corrected chi connectivity index (χ1v) is 9.37. The Morgan fingerprint density at radius 1 is 1.23 bits per heavy atom. The standard InChI is InChI=1S/C19H22F3N7O2/c1-19(2,31)13(20)9-25-18(30)11-8-24-16(7-12(11)23-10-14(21)22)27-15-4-6-29-17(28-15)3-5-26-29/h3-8,13-14,31H,9-10H2,1-2H3,(H,25,30)(H2,23,24,27,28). The van der Waals surface area contributed by atoms with Crippen molar-refractivity contribution in [1.82, 2.24) is 24.9 Å². The molecular formula is C19H22F3N7O2. The van der Waals surface area contributed by atoms with Gasteiger partial charge in [-0.3, -0.25) is 4.79 Å². The zero-order valence-electron chi connectivity index (χ0n) is 16.8. The second-order valence-corrected chi connectivity index (χ2v) is 7.29. The maximum absolute atomic E-state index is 13.9. The third-order valence-electron chi connectivity index (χ3n) is 4.32. The number of nitrogens with zero attached hydrogens (tertiary/aromatic N) is 4. The molecule has 1 unspecified atom stereocenters. The van der Waals surface area contributed by atoms with Crippen LogP contribution in [0.3, 0.4) is 0 Å². The lowest BCUT2D eigenvalue weighted by Crippen LogP contribution is -2.42. The molecule has 3 aromatic rings. The number of hydrogen-bond acceptors (Lipinski definition) is 7.